The van der Waals surface area contributed by atoms with E-state index in [1.165, 1.54) is 5.56 Å². The Balaban J connectivity index is 1.69. The van der Waals surface area contributed by atoms with E-state index >= 15 is 0 Å². The van der Waals surface area contributed by atoms with Gasteiger partial charge in [-0.15, -0.1) is 0 Å². The average molecular weight is 330 g/mol. The van der Waals surface area contributed by atoms with E-state index in [2.05, 4.69) is 17.3 Å². The van der Waals surface area contributed by atoms with Crippen molar-refractivity contribution < 1.29 is 19.2 Å². The minimum absolute atomic E-state index is 0.0236. The van der Waals surface area contributed by atoms with Crippen LogP contribution in [0.25, 0.3) is 0 Å². The number of amides is 1. The molecule has 1 aromatic carbocycles. The van der Waals surface area contributed by atoms with Crippen LogP contribution in [0.2, 0.25) is 0 Å². The molecule has 2 heterocycles. The monoisotopic (exact) mass is 330 g/mol. The molecule has 0 radical (unpaired) electrons. The first-order chi connectivity index (χ1) is 11.7. The average Bonchev–Trinajstić information content (AvgIpc) is 3.10. The molecule has 2 aromatic rings. The molecule has 1 aromatic heterocycles. The van der Waals surface area contributed by atoms with Gasteiger partial charge in [0.1, 0.15) is 6.61 Å². The lowest BCUT2D eigenvalue weighted by Gasteiger charge is -2.37. The largest absolute Gasteiger partial charge is 0.396 e. The van der Waals surface area contributed by atoms with Gasteiger partial charge < -0.3 is 19.3 Å². The number of methoxy groups -OCH3 is 1. The van der Waals surface area contributed by atoms with Gasteiger partial charge in [-0.2, -0.15) is 0 Å². The molecular formula is C18H22N2O4. The van der Waals surface area contributed by atoms with Crippen LogP contribution in [-0.4, -0.2) is 47.9 Å². The zero-order valence-electron chi connectivity index (χ0n) is 13.7. The Morgan fingerprint density at radius 3 is 2.92 bits per heavy atom. The number of likely N-dealkylation sites (tertiary alicyclic amines) is 1. The molecule has 1 aliphatic rings. The van der Waals surface area contributed by atoms with Crippen molar-refractivity contribution >= 4 is 5.91 Å². The molecule has 0 saturated carbocycles. The molecule has 1 fully saturated rings. The first-order valence-corrected chi connectivity index (χ1v) is 8.12. The van der Waals surface area contributed by atoms with Crippen molar-refractivity contribution in [1.29, 1.82) is 0 Å². The number of carbonyl (C=O) groups is 1. The fraction of sp³-hybridized carbons (Fsp3) is 0.444. The Hall–Kier alpha value is -2.18. The number of nitrogens with zero attached hydrogens (tertiary/aromatic N) is 2. The van der Waals surface area contributed by atoms with Crippen LogP contribution in [0.4, 0.5) is 0 Å². The summed E-state index contributed by atoms with van der Waals surface area (Å²) in [5.74, 6) is 0.654. The highest BCUT2D eigenvalue weighted by Crippen LogP contribution is 2.33. The molecule has 1 saturated heterocycles. The Labute approximate surface area is 141 Å². The lowest BCUT2D eigenvalue weighted by atomic mass is 9.81. The number of benzene rings is 1. The summed E-state index contributed by atoms with van der Waals surface area (Å²) in [5.41, 5.74) is 1.50. The third-order valence-electron chi connectivity index (χ3n) is 4.55. The first-order valence-electron chi connectivity index (χ1n) is 8.12. The number of hydrogen-bond acceptors (Lipinski definition) is 5. The molecule has 2 atom stereocenters. The third-order valence-corrected chi connectivity index (χ3v) is 4.55. The van der Waals surface area contributed by atoms with Crippen LogP contribution in [0.5, 0.6) is 0 Å². The fourth-order valence-electron chi connectivity index (χ4n) is 3.33. The summed E-state index contributed by atoms with van der Waals surface area (Å²) in [6.07, 6.45) is 0.823. The highest BCUT2D eigenvalue weighted by molar-refractivity contribution is 5.92. The molecule has 0 unspecified atom stereocenters. The maximum Gasteiger partial charge on any atom is 0.276 e. The zero-order valence-corrected chi connectivity index (χ0v) is 13.7. The van der Waals surface area contributed by atoms with Gasteiger partial charge in [-0.3, -0.25) is 4.79 Å². The quantitative estimate of drug-likeness (QED) is 0.908. The van der Waals surface area contributed by atoms with E-state index < -0.39 is 0 Å². The summed E-state index contributed by atoms with van der Waals surface area (Å²) < 4.78 is 10.1. The van der Waals surface area contributed by atoms with Crippen molar-refractivity contribution in [1.82, 2.24) is 10.1 Å². The van der Waals surface area contributed by atoms with Crippen molar-refractivity contribution in [2.75, 3.05) is 26.8 Å². The Kier molecular flexibility index (Phi) is 5.27. The molecule has 6 heteroatoms. The van der Waals surface area contributed by atoms with Gasteiger partial charge in [-0.05, 0) is 17.9 Å². The Morgan fingerprint density at radius 1 is 1.42 bits per heavy atom. The lowest BCUT2D eigenvalue weighted by molar-refractivity contribution is 0.0568. The van der Waals surface area contributed by atoms with E-state index in [1.54, 1.807) is 18.1 Å². The maximum atomic E-state index is 12.6. The first kappa shape index (κ1) is 16.7. The topological polar surface area (TPSA) is 75.8 Å². The Bertz CT molecular complexity index is 671. The van der Waals surface area contributed by atoms with Crippen molar-refractivity contribution in [2.24, 2.45) is 5.92 Å². The molecule has 3 rings (SSSR count). The number of hydrogen-bond donors (Lipinski definition) is 1. The van der Waals surface area contributed by atoms with E-state index in [-0.39, 0.29) is 36.7 Å². The number of rotatable bonds is 5. The van der Waals surface area contributed by atoms with Gasteiger partial charge in [0, 0.05) is 38.8 Å². The van der Waals surface area contributed by atoms with Gasteiger partial charge in [0.25, 0.3) is 5.91 Å². The van der Waals surface area contributed by atoms with Crippen LogP contribution in [0.3, 0.4) is 0 Å². The van der Waals surface area contributed by atoms with Gasteiger partial charge in [-0.1, -0.05) is 35.5 Å². The van der Waals surface area contributed by atoms with Crippen LogP contribution >= 0.6 is 0 Å². The summed E-state index contributed by atoms with van der Waals surface area (Å²) in [5, 5.41) is 13.6. The highest BCUT2D eigenvalue weighted by Gasteiger charge is 2.33. The summed E-state index contributed by atoms with van der Waals surface area (Å²) in [6.45, 7) is 1.50. The van der Waals surface area contributed by atoms with Crippen molar-refractivity contribution in [2.45, 2.75) is 18.9 Å². The van der Waals surface area contributed by atoms with Crippen molar-refractivity contribution in [3.05, 3.63) is 53.4 Å². The summed E-state index contributed by atoms with van der Waals surface area (Å²) >= 11 is 0. The number of piperidine rings is 1. The molecule has 1 aliphatic heterocycles. The van der Waals surface area contributed by atoms with Crippen molar-refractivity contribution in [3.63, 3.8) is 0 Å². The molecule has 128 valence electrons. The van der Waals surface area contributed by atoms with Gasteiger partial charge in [0.15, 0.2) is 11.5 Å². The second kappa shape index (κ2) is 7.59. The van der Waals surface area contributed by atoms with E-state index in [0.29, 0.717) is 18.8 Å². The summed E-state index contributed by atoms with van der Waals surface area (Å²) in [7, 11) is 1.56. The molecule has 6 nitrogen and oxygen atoms in total. The fourth-order valence-corrected chi connectivity index (χ4v) is 3.33. The smallest absolute Gasteiger partial charge is 0.276 e. The zero-order chi connectivity index (χ0) is 16.9. The molecule has 0 bridgehead atoms. The summed E-state index contributed by atoms with van der Waals surface area (Å²) in [4.78, 5) is 14.3. The van der Waals surface area contributed by atoms with Crippen LogP contribution in [-0.2, 0) is 11.3 Å². The highest BCUT2D eigenvalue weighted by atomic mass is 16.5. The number of aliphatic hydroxyl groups excluding tert-OH is 1. The van der Waals surface area contributed by atoms with Gasteiger partial charge in [0.05, 0.1) is 0 Å². The molecule has 1 N–H and O–H groups in total. The Morgan fingerprint density at radius 2 is 2.21 bits per heavy atom. The predicted octanol–water partition coefficient (Wildman–Crippen LogP) is 2.06. The number of aromatic nitrogens is 1. The normalized spacial score (nSPS) is 21.0. The standard InChI is InChI=1S/C18H22N2O4/c1-23-12-15-9-17(19-24-15)18(22)20-8-7-16(14(10-20)11-21)13-5-3-2-4-6-13/h2-6,9,14,16,21H,7-8,10-12H2,1H3/t14-,16+/m1/s1. The SMILES string of the molecule is COCc1cc(C(=O)N2CC[C@@H](c3ccccc3)[C@@H](CO)C2)no1. The molecule has 0 aliphatic carbocycles. The predicted molar refractivity (Wildman–Crippen MR) is 87.5 cm³/mol. The third kappa shape index (κ3) is 3.49. The van der Waals surface area contributed by atoms with Crippen LogP contribution < -0.4 is 0 Å². The van der Waals surface area contributed by atoms with Crippen LogP contribution in [0.1, 0.15) is 34.2 Å². The van der Waals surface area contributed by atoms with Crippen LogP contribution in [0, 0.1) is 5.92 Å². The van der Waals surface area contributed by atoms with Gasteiger partial charge in [-0.25, -0.2) is 0 Å². The number of aliphatic hydroxyl groups is 1. The van der Waals surface area contributed by atoms with Gasteiger partial charge >= 0.3 is 0 Å². The van der Waals surface area contributed by atoms with E-state index in [1.807, 2.05) is 18.2 Å². The summed E-state index contributed by atoms with van der Waals surface area (Å²) in [6, 6.07) is 11.8. The minimum atomic E-state index is -0.161. The minimum Gasteiger partial charge on any atom is -0.396 e. The van der Waals surface area contributed by atoms with Crippen molar-refractivity contribution in [3.8, 4) is 0 Å². The number of ether oxygens (including phenoxy) is 1. The molecule has 0 spiro atoms. The lowest BCUT2D eigenvalue weighted by Crippen LogP contribution is -2.44. The second-order valence-electron chi connectivity index (χ2n) is 6.11. The molecule has 1 amide bonds. The second-order valence-corrected chi connectivity index (χ2v) is 6.11. The van der Waals surface area contributed by atoms with E-state index in [4.69, 9.17) is 9.26 Å². The molecule has 24 heavy (non-hydrogen) atoms. The maximum absolute atomic E-state index is 12.6. The van der Waals surface area contributed by atoms with E-state index in [9.17, 15) is 9.90 Å². The number of carbonyl (C=O) groups excluding carboxylic acids is 1. The molecular weight excluding hydrogens is 308 g/mol. The van der Waals surface area contributed by atoms with Crippen LogP contribution in [0.15, 0.2) is 40.9 Å². The van der Waals surface area contributed by atoms with Gasteiger partial charge in [0.2, 0.25) is 0 Å². The van der Waals surface area contributed by atoms with E-state index in [0.717, 1.165) is 6.42 Å².